The zero-order valence-electron chi connectivity index (χ0n) is 10.9. The molecule has 0 unspecified atom stereocenters. The monoisotopic (exact) mass is 365 g/mol. The van der Waals surface area contributed by atoms with Crippen LogP contribution in [0, 0.1) is 0 Å². The number of hydrogen-bond acceptors (Lipinski definition) is 4. The second kappa shape index (κ2) is 5.50. The van der Waals surface area contributed by atoms with E-state index in [4.69, 9.17) is 20.8 Å². The molecule has 21 heavy (non-hydrogen) atoms. The van der Waals surface area contributed by atoms with Crippen LogP contribution in [0.1, 0.15) is 10.4 Å². The number of hydrogen-bond donors (Lipinski definition) is 0. The Morgan fingerprint density at radius 2 is 2.10 bits per heavy atom. The molecule has 0 N–H and O–H groups in total. The molecule has 3 aromatic rings. The van der Waals surface area contributed by atoms with Gasteiger partial charge in [-0.25, -0.2) is 4.98 Å². The van der Waals surface area contributed by atoms with Gasteiger partial charge in [0.25, 0.3) is 5.24 Å². The Morgan fingerprint density at radius 1 is 1.29 bits per heavy atom. The largest absolute Gasteiger partial charge is 0.496 e. The quantitative estimate of drug-likeness (QED) is 0.633. The molecular formula is C15H9BrClNO3. The maximum absolute atomic E-state index is 11.2. The van der Waals surface area contributed by atoms with E-state index in [1.807, 2.05) is 18.2 Å². The first-order valence-corrected chi connectivity index (χ1v) is 7.20. The van der Waals surface area contributed by atoms with Crippen LogP contribution in [0.4, 0.5) is 0 Å². The van der Waals surface area contributed by atoms with Crippen LogP contribution >= 0.6 is 27.5 Å². The summed E-state index contributed by atoms with van der Waals surface area (Å²) in [6.45, 7) is 0. The molecule has 0 spiro atoms. The summed E-state index contributed by atoms with van der Waals surface area (Å²) >= 11 is 8.89. The minimum Gasteiger partial charge on any atom is -0.496 e. The van der Waals surface area contributed by atoms with Crippen molar-refractivity contribution in [2.75, 3.05) is 7.11 Å². The van der Waals surface area contributed by atoms with E-state index in [9.17, 15) is 4.79 Å². The van der Waals surface area contributed by atoms with E-state index in [0.29, 0.717) is 22.6 Å². The zero-order valence-corrected chi connectivity index (χ0v) is 13.2. The fourth-order valence-electron chi connectivity index (χ4n) is 1.97. The van der Waals surface area contributed by atoms with Crippen LogP contribution in [0.15, 0.2) is 45.3 Å². The van der Waals surface area contributed by atoms with Crippen molar-refractivity contribution in [1.82, 2.24) is 4.98 Å². The Morgan fingerprint density at radius 3 is 2.76 bits per heavy atom. The second-order valence-corrected chi connectivity index (χ2v) is 5.52. The summed E-state index contributed by atoms with van der Waals surface area (Å²) in [6.07, 6.45) is 0. The lowest BCUT2D eigenvalue weighted by atomic mass is 10.2. The highest BCUT2D eigenvalue weighted by atomic mass is 79.9. The summed E-state index contributed by atoms with van der Waals surface area (Å²) < 4.78 is 11.7. The van der Waals surface area contributed by atoms with E-state index >= 15 is 0 Å². The van der Waals surface area contributed by atoms with Gasteiger partial charge in [-0.2, -0.15) is 0 Å². The van der Waals surface area contributed by atoms with Crippen LogP contribution < -0.4 is 4.74 Å². The molecule has 0 aliphatic heterocycles. The molecular weight excluding hydrogens is 358 g/mol. The Bertz CT molecular complexity index is 844. The fourth-order valence-corrected chi connectivity index (χ4v) is 2.63. The molecule has 0 saturated heterocycles. The molecule has 0 bridgehead atoms. The first-order chi connectivity index (χ1) is 10.1. The Balaban J connectivity index is 2.08. The molecule has 0 aliphatic rings. The van der Waals surface area contributed by atoms with Crippen molar-refractivity contribution in [1.29, 1.82) is 0 Å². The summed E-state index contributed by atoms with van der Waals surface area (Å²) in [6, 6.07) is 10.4. The third-order valence-electron chi connectivity index (χ3n) is 3.01. The molecule has 106 valence electrons. The zero-order chi connectivity index (χ0) is 15.0. The number of benzene rings is 2. The van der Waals surface area contributed by atoms with Crippen LogP contribution in [0.25, 0.3) is 22.6 Å². The molecule has 0 radical (unpaired) electrons. The molecule has 4 nitrogen and oxygen atoms in total. The summed E-state index contributed by atoms with van der Waals surface area (Å²) in [7, 11) is 1.60. The summed E-state index contributed by atoms with van der Waals surface area (Å²) in [5.41, 5.74) is 2.37. The standard InChI is InChI=1S/C15H9BrClNO3/c1-20-12-4-3-9(6-10(12)16)15-18-11-7-8(14(17)19)2-5-13(11)21-15/h2-7H,1H3. The Kier molecular flexibility index (Phi) is 3.69. The van der Waals surface area contributed by atoms with E-state index in [0.717, 1.165) is 15.8 Å². The smallest absolute Gasteiger partial charge is 0.252 e. The predicted molar refractivity (Wildman–Crippen MR) is 83.9 cm³/mol. The number of carbonyl (C=O) groups is 1. The maximum atomic E-state index is 11.2. The number of methoxy groups -OCH3 is 1. The average molecular weight is 367 g/mol. The Hall–Kier alpha value is -1.85. The highest BCUT2D eigenvalue weighted by molar-refractivity contribution is 9.10. The van der Waals surface area contributed by atoms with Crippen molar-refractivity contribution in [2.24, 2.45) is 0 Å². The normalized spacial score (nSPS) is 10.8. The molecule has 3 rings (SSSR count). The average Bonchev–Trinajstić information content (AvgIpc) is 2.89. The SMILES string of the molecule is COc1ccc(-c2nc3cc(C(=O)Cl)ccc3o2)cc1Br. The lowest BCUT2D eigenvalue weighted by Gasteiger charge is -2.03. The van der Waals surface area contributed by atoms with Crippen LogP contribution in [0.3, 0.4) is 0 Å². The van der Waals surface area contributed by atoms with Gasteiger partial charge >= 0.3 is 0 Å². The topological polar surface area (TPSA) is 52.3 Å². The lowest BCUT2D eigenvalue weighted by molar-refractivity contribution is 0.108. The van der Waals surface area contributed by atoms with Crippen LogP contribution in [-0.2, 0) is 0 Å². The lowest BCUT2D eigenvalue weighted by Crippen LogP contribution is -1.87. The summed E-state index contributed by atoms with van der Waals surface area (Å²) in [5, 5.41) is -0.520. The molecule has 0 amide bonds. The van der Waals surface area contributed by atoms with E-state index in [-0.39, 0.29) is 0 Å². The molecule has 6 heteroatoms. The van der Waals surface area contributed by atoms with Crippen molar-refractivity contribution in [2.45, 2.75) is 0 Å². The highest BCUT2D eigenvalue weighted by Gasteiger charge is 2.12. The Labute approximate surface area is 133 Å². The number of fused-ring (bicyclic) bond motifs is 1. The number of oxazole rings is 1. The number of nitrogens with zero attached hydrogens (tertiary/aromatic N) is 1. The van der Waals surface area contributed by atoms with E-state index in [2.05, 4.69) is 20.9 Å². The molecule has 0 atom stereocenters. The van der Waals surface area contributed by atoms with Crippen LogP contribution in [0.2, 0.25) is 0 Å². The maximum Gasteiger partial charge on any atom is 0.252 e. The van der Waals surface area contributed by atoms with Crippen LogP contribution in [0.5, 0.6) is 5.75 Å². The second-order valence-electron chi connectivity index (χ2n) is 4.32. The molecule has 0 saturated carbocycles. The van der Waals surface area contributed by atoms with Gasteiger partial charge in [-0.15, -0.1) is 0 Å². The van der Waals surface area contributed by atoms with Gasteiger partial charge in [-0.1, -0.05) is 0 Å². The highest BCUT2D eigenvalue weighted by Crippen LogP contribution is 2.31. The number of aromatic nitrogens is 1. The minimum absolute atomic E-state index is 0.389. The molecule has 2 aromatic carbocycles. The summed E-state index contributed by atoms with van der Waals surface area (Å²) in [5.74, 6) is 1.19. The summed E-state index contributed by atoms with van der Waals surface area (Å²) in [4.78, 5) is 15.6. The van der Waals surface area contributed by atoms with Gasteiger partial charge < -0.3 is 9.15 Å². The molecule has 0 aliphatic carbocycles. The van der Waals surface area contributed by atoms with Crippen LogP contribution in [-0.4, -0.2) is 17.3 Å². The van der Waals surface area contributed by atoms with Gasteiger partial charge in [-0.05, 0) is 63.9 Å². The van der Waals surface area contributed by atoms with E-state index in [1.165, 1.54) is 0 Å². The number of halogens is 2. The predicted octanol–water partition coefficient (Wildman–Crippen LogP) is 4.64. The van der Waals surface area contributed by atoms with Crippen molar-refractivity contribution in [3.05, 3.63) is 46.4 Å². The van der Waals surface area contributed by atoms with Crippen molar-refractivity contribution < 1.29 is 13.9 Å². The number of ether oxygens (including phenoxy) is 1. The van der Waals surface area contributed by atoms with Gasteiger partial charge in [0, 0.05) is 11.1 Å². The van der Waals surface area contributed by atoms with Crippen molar-refractivity contribution in [3.8, 4) is 17.2 Å². The molecule has 1 heterocycles. The fraction of sp³-hybridized carbons (Fsp3) is 0.0667. The van der Waals surface area contributed by atoms with Gasteiger partial charge in [0.05, 0.1) is 11.6 Å². The number of rotatable bonds is 3. The third-order valence-corrected chi connectivity index (χ3v) is 3.85. The van der Waals surface area contributed by atoms with Gasteiger partial charge in [0.15, 0.2) is 5.58 Å². The van der Waals surface area contributed by atoms with Crippen molar-refractivity contribution in [3.63, 3.8) is 0 Å². The third kappa shape index (κ3) is 2.66. The first kappa shape index (κ1) is 14.1. The van der Waals surface area contributed by atoms with Gasteiger partial charge in [-0.3, -0.25) is 4.79 Å². The van der Waals surface area contributed by atoms with Crippen molar-refractivity contribution >= 4 is 43.9 Å². The minimum atomic E-state index is -0.520. The molecule has 1 aromatic heterocycles. The molecule has 0 fully saturated rings. The van der Waals surface area contributed by atoms with E-state index in [1.54, 1.807) is 25.3 Å². The van der Waals surface area contributed by atoms with Gasteiger partial charge in [0.2, 0.25) is 5.89 Å². The van der Waals surface area contributed by atoms with E-state index < -0.39 is 5.24 Å². The first-order valence-electron chi connectivity index (χ1n) is 6.03. The van der Waals surface area contributed by atoms with Gasteiger partial charge in [0.1, 0.15) is 11.3 Å². The number of carbonyl (C=O) groups excluding carboxylic acids is 1.